The minimum absolute atomic E-state index is 0.0246. The molecule has 1 aromatic rings. The van der Waals surface area contributed by atoms with Gasteiger partial charge in [0.15, 0.2) is 0 Å². The molecule has 0 radical (unpaired) electrons. The van der Waals surface area contributed by atoms with Gasteiger partial charge in [0.05, 0.1) is 16.3 Å². The Balaban J connectivity index is 2.25. The van der Waals surface area contributed by atoms with E-state index in [9.17, 15) is 13.6 Å². The lowest BCUT2D eigenvalue weighted by Crippen LogP contribution is -2.29. The number of alkyl halides is 2. The van der Waals surface area contributed by atoms with Gasteiger partial charge in [-0.25, -0.2) is 8.78 Å². The first kappa shape index (κ1) is 16.0. The van der Waals surface area contributed by atoms with E-state index in [1.165, 1.54) is 6.07 Å². The first-order chi connectivity index (χ1) is 9.24. The summed E-state index contributed by atoms with van der Waals surface area (Å²) in [5.41, 5.74) is -1.13. The van der Waals surface area contributed by atoms with Gasteiger partial charge in [0, 0.05) is 6.42 Å². The van der Waals surface area contributed by atoms with Gasteiger partial charge in [0.1, 0.15) is 4.34 Å². The van der Waals surface area contributed by atoms with E-state index in [1.54, 1.807) is 0 Å². The van der Waals surface area contributed by atoms with E-state index in [1.807, 2.05) is 0 Å². The Kier molecular flexibility index (Phi) is 4.62. The Morgan fingerprint density at radius 3 is 2.45 bits per heavy atom. The summed E-state index contributed by atoms with van der Waals surface area (Å²) < 4.78 is 29.1. The first-order valence-electron chi connectivity index (χ1n) is 6.29. The predicted octanol–water partition coefficient (Wildman–Crippen LogP) is 5.57. The Labute approximate surface area is 129 Å². The van der Waals surface area contributed by atoms with Crippen LogP contribution >= 0.6 is 34.5 Å². The second kappa shape index (κ2) is 5.78. The Morgan fingerprint density at radius 2 is 2.00 bits per heavy atom. The second-order valence-electron chi connectivity index (χ2n) is 5.40. The van der Waals surface area contributed by atoms with Crippen LogP contribution in [0.4, 0.5) is 8.78 Å². The highest BCUT2D eigenvalue weighted by Crippen LogP contribution is 2.53. The van der Waals surface area contributed by atoms with Crippen molar-refractivity contribution in [3.63, 3.8) is 0 Å². The second-order valence-corrected chi connectivity index (χ2v) is 7.68. The van der Waals surface area contributed by atoms with Crippen LogP contribution in [0.1, 0.15) is 44.1 Å². The lowest BCUT2D eigenvalue weighted by Gasteiger charge is -2.31. The van der Waals surface area contributed by atoms with Gasteiger partial charge in [-0.05, 0) is 24.3 Å². The van der Waals surface area contributed by atoms with Crippen molar-refractivity contribution >= 4 is 40.5 Å². The molecule has 2 rings (SSSR count). The molecule has 20 heavy (non-hydrogen) atoms. The number of hydrogen-bond acceptors (Lipinski definition) is 2. The molecule has 1 heterocycles. The lowest BCUT2D eigenvalue weighted by molar-refractivity contribution is -0.141. The van der Waals surface area contributed by atoms with Gasteiger partial charge in [0.2, 0.25) is 0 Å². The third-order valence-electron chi connectivity index (χ3n) is 3.84. The fourth-order valence-corrected chi connectivity index (χ4v) is 4.59. The molecule has 0 amide bonds. The fraction of sp³-hybridized carbons (Fsp3) is 0.615. The van der Waals surface area contributed by atoms with Crippen LogP contribution < -0.4 is 0 Å². The summed E-state index contributed by atoms with van der Waals surface area (Å²) in [6, 6.07) is 1.18. The van der Waals surface area contributed by atoms with Crippen LogP contribution in [0, 0.1) is 5.41 Å². The standard InChI is InChI=1S/C13H14Cl2F2O2S/c14-9-5-8(11(15)20-9)13(16,17)7-12(6-10(18)19)3-1-2-4-12/h5H,1-4,6-7H2,(H,18,19). The van der Waals surface area contributed by atoms with E-state index in [2.05, 4.69) is 0 Å². The molecule has 1 aliphatic carbocycles. The van der Waals surface area contributed by atoms with E-state index in [0.717, 1.165) is 24.2 Å². The maximum atomic E-state index is 14.4. The Morgan fingerprint density at radius 1 is 1.40 bits per heavy atom. The molecule has 7 heteroatoms. The highest BCUT2D eigenvalue weighted by molar-refractivity contribution is 7.20. The highest BCUT2D eigenvalue weighted by atomic mass is 35.5. The zero-order valence-electron chi connectivity index (χ0n) is 10.6. The molecule has 1 saturated carbocycles. The van der Waals surface area contributed by atoms with Crippen LogP contribution in [-0.2, 0) is 10.7 Å². The molecule has 112 valence electrons. The largest absolute Gasteiger partial charge is 0.481 e. The van der Waals surface area contributed by atoms with Crippen LogP contribution in [0.5, 0.6) is 0 Å². The number of hydrogen-bond donors (Lipinski definition) is 1. The number of halogens is 4. The monoisotopic (exact) mass is 342 g/mol. The first-order valence-corrected chi connectivity index (χ1v) is 7.86. The molecular formula is C13H14Cl2F2O2S. The van der Waals surface area contributed by atoms with Crippen molar-refractivity contribution in [2.45, 2.75) is 44.4 Å². The molecular weight excluding hydrogens is 329 g/mol. The Bertz CT molecular complexity index is 510. The molecule has 0 aromatic carbocycles. The molecule has 1 N–H and O–H groups in total. The van der Waals surface area contributed by atoms with E-state index in [0.29, 0.717) is 12.8 Å². The van der Waals surface area contributed by atoms with Crippen molar-refractivity contribution in [1.82, 2.24) is 0 Å². The van der Waals surface area contributed by atoms with Crippen LogP contribution in [0.15, 0.2) is 6.07 Å². The van der Waals surface area contributed by atoms with Crippen molar-refractivity contribution < 1.29 is 18.7 Å². The maximum Gasteiger partial charge on any atom is 0.303 e. The zero-order chi connectivity index (χ0) is 15.0. The van der Waals surface area contributed by atoms with Crippen LogP contribution in [0.25, 0.3) is 0 Å². The lowest BCUT2D eigenvalue weighted by atomic mass is 9.76. The summed E-state index contributed by atoms with van der Waals surface area (Å²) >= 11 is 12.4. The molecule has 0 bridgehead atoms. The van der Waals surface area contributed by atoms with E-state index in [-0.39, 0.29) is 20.7 Å². The normalized spacial score (nSPS) is 18.4. The SMILES string of the molecule is O=C(O)CC1(CC(F)(F)c2cc(Cl)sc2Cl)CCCC1. The summed E-state index contributed by atoms with van der Waals surface area (Å²) in [5.74, 6) is -4.18. The van der Waals surface area contributed by atoms with Crippen LogP contribution in [0.3, 0.4) is 0 Å². The summed E-state index contributed by atoms with van der Waals surface area (Å²) in [7, 11) is 0. The molecule has 0 spiro atoms. The molecule has 0 aliphatic heterocycles. The van der Waals surface area contributed by atoms with Crippen molar-refractivity contribution in [2.75, 3.05) is 0 Å². The molecule has 2 nitrogen and oxygen atoms in total. The topological polar surface area (TPSA) is 37.3 Å². The van der Waals surface area contributed by atoms with Crippen molar-refractivity contribution in [2.24, 2.45) is 5.41 Å². The smallest absolute Gasteiger partial charge is 0.303 e. The molecule has 0 atom stereocenters. The molecule has 0 unspecified atom stereocenters. The van der Waals surface area contributed by atoms with Crippen molar-refractivity contribution in [3.05, 3.63) is 20.3 Å². The summed E-state index contributed by atoms with van der Waals surface area (Å²) in [5, 5.41) is 8.98. The van der Waals surface area contributed by atoms with Gasteiger partial charge < -0.3 is 5.11 Å². The average Bonchev–Trinajstić information content (AvgIpc) is 2.84. The number of aliphatic carboxylic acids is 1. The number of carboxylic acids is 1. The summed E-state index contributed by atoms with van der Waals surface area (Å²) in [6.07, 6.45) is 1.91. The molecule has 1 fully saturated rings. The molecule has 1 aliphatic rings. The maximum absolute atomic E-state index is 14.4. The molecule has 0 saturated heterocycles. The third-order valence-corrected chi connectivity index (χ3v) is 5.33. The summed E-state index contributed by atoms with van der Waals surface area (Å²) in [4.78, 5) is 11.0. The van der Waals surface area contributed by atoms with Crippen molar-refractivity contribution in [1.29, 1.82) is 0 Å². The van der Waals surface area contributed by atoms with E-state index >= 15 is 0 Å². The van der Waals surface area contributed by atoms with Gasteiger partial charge in [-0.3, -0.25) is 4.79 Å². The summed E-state index contributed by atoms with van der Waals surface area (Å²) in [6.45, 7) is 0. The third kappa shape index (κ3) is 3.43. The zero-order valence-corrected chi connectivity index (χ0v) is 12.9. The number of rotatable bonds is 5. The highest BCUT2D eigenvalue weighted by Gasteiger charge is 2.47. The Hall–Kier alpha value is -0.390. The van der Waals surface area contributed by atoms with Crippen molar-refractivity contribution in [3.8, 4) is 0 Å². The van der Waals surface area contributed by atoms with E-state index in [4.69, 9.17) is 28.3 Å². The number of carboxylic acid groups (broad SMARTS) is 1. The predicted molar refractivity (Wildman–Crippen MR) is 76.0 cm³/mol. The van der Waals surface area contributed by atoms with Gasteiger partial charge >= 0.3 is 5.97 Å². The van der Waals surface area contributed by atoms with Crippen LogP contribution in [-0.4, -0.2) is 11.1 Å². The fourth-order valence-electron chi connectivity index (χ4n) is 3.02. The van der Waals surface area contributed by atoms with Gasteiger partial charge in [0.25, 0.3) is 5.92 Å². The number of thiophene rings is 1. The minimum Gasteiger partial charge on any atom is -0.481 e. The average molecular weight is 343 g/mol. The van der Waals surface area contributed by atoms with E-state index < -0.39 is 23.7 Å². The number of carbonyl (C=O) groups is 1. The minimum atomic E-state index is -3.15. The van der Waals surface area contributed by atoms with Gasteiger partial charge in [-0.15, -0.1) is 11.3 Å². The van der Waals surface area contributed by atoms with Gasteiger partial charge in [-0.1, -0.05) is 36.0 Å². The van der Waals surface area contributed by atoms with Gasteiger partial charge in [-0.2, -0.15) is 0 Å². The molecule has 1 aromatic heterocycles. The quantitative estimate of drug-likeness (QED) is 0.759. The van der Waals surface area contributed by atoms with Crippen LogP contribution in [0.2, 0.25) is 8.67 Å².